The number of hydrogen-bond acceptors (Lipinski definition) is 6. The molecular weight excluding hydrogens is 242 g/mol. The van der Waals surface area contributed by atoms with Gasteiger partial charge in [-0.05, 0) is 20.3 Å². The van der Waals surface area contributed by atoms with Crippen LogP contribution in [0.15, 0.2) is 11.4 Å². The van der Waals surface area contributed by atoms with Gasteiger partial charge in [-0.3, -0.25) is 0 Å². The Morgan fingerprint density at radius 3 is 2.59 bits per heavy atom. The normalized spacial score (nSPS) is 11.8. The summed E-state index contributed by atoms with van der Waals surface area (Å²) in [7, 11) is -3.46. The average molecular weight is 259 g/mol. The largest absolute Gasteiger partial charge is 0.473 e. The zero-order chi connectivity index (χ0) is 13.1. The van der Waals surface area contributed by atoms with Crippen molar-refractivity contribution >= 4 is 15.5 Å². The fourth-order valence-electron chi connectivity index (χ4n) is 1.29. The zero-order valence-corrected chi connectivity index (χ0v) is 11.0. The van der Waals surface area contributed by atoms with Gasteiger partial charge in [-0.25, -0.2) is 13.4 Å². The predicted octanol–water partition coefficient (Wildman–Crippen LogP) is 1.03. The molecule has 1 aromatic heterocycles. The summed E-state index contributed by atoms with van der Waals surface area (Å²) in [5.41, 5.74) is 5.70. The quantitative estimate of drug-likeness (QED) is 0.793. The van der Waals surface area contributed by atoms with Crippen LogP contribution in [0.3, 0.4) is 0 Å². The van der Waals surface area contributed by atoms with Crippen LogP contribution < -0.4 is 10.5 Å². The van der Waals surface area contributed by atoms with Crippen LogP contribution in [-0.4, -0.2) is 30.2 Å². The van der Waals surface area contributed by atoms with Gasteiger partial charge in [-0.2, -0.15) is 4.98 Å². The summed E-state index contributed by atoms with van der Waals surface area (Å²) in [5.74, 6) is 0.125. The molecule has 0 bridgehead atoms. The fraction of sp³-hybridized carbons (Fsp3) is 0.600. The monoisotopic (exact) mass is 259 g/mol. The summed E-state index contributed by atoms with van der Waals surface area (Å²) >= 11 is 0. The van der Waals surface area contributed by atoms with Crippen LogP contribution in [0.1, 0.15) is 27.2 Å². The van der Waals surface area contributed by atoms with Crippen molar-refractivity contribution in [1.82, 2.24) is 9.97 Å². The van der Waals surface area contributed by atoms with Crippen molar-refractivity contribution in [2.75, 3.05) is 11.5 Å². The molecule has 0 spiro atoms. The summed E-state index contributed by atoms with van der Waals surface area (Å²) in [5, 5.41) is -0.148. The minimum Gasteiger partial charge on any atom is -0.473 e. The van der Waals surface area contributed by atoms with Gasteiger partial charge >= 0.3 is 0 Å². The van der Waals surface area contributed by atoms with Crippen LogP contribution in [0.25, 0.3) is 0 Å². The number of hydrogen-bond donors (Lipinski definition) is 1. The topological polar surface area (TPSA) is 95.2 Å². The van der Waals surface area contributed by atoms with E-state index in [0.29, 0.717) is 6.42 Å². The number of nitrogen functional groups attached to an aromatic ring is 1. The third-order valence-corrected chi connectivity index (χ3v) is 3.79. The second kappa shape index (κ2) is 5.31. The van der Waals surface area contributed by atoms with Crippen LogP contribution in [-0.2, 0) is 9.84 Å². The molecule has 6 nitrogen and oxygen atoms in total. The molecule has 0 aliphatic carbocycles. The van der Waals surface area contributed by atoms with Crippen molar-refractivity contribution in [3.05, 3.63) is 6.33 Å². The van der Waals surface area contributed by atoms with E-state index in [4.69, 9.17) is 10.5 Å². The van der Waals surface area contributed by atoms with Gasteiger partial charge in [-0.15, -0.1) is 0 Å². The molecule has 0 saturated heterocycles. The van der Waals surface area contributed by atoms with E-state index in [0.717, 1.165) is 6.33 Å². The Bertz CT molecular complexity index is 486. The van der Waals surface area contributed by atoms with Crippen molar-refractivity contribution in [3.8, 4) is 5.88 Å². The molecule has 1 aromatic rings. The van der Waals surface area contributed by atoms with E-state index in [2.05, 4.69) is 9.97 Å². The number of nitrogens with two attached hydrogens (primary N) is 1. The molecule has 0 atom stereocenters. The highest BCUT2D eigenvalue weighted by Crippen LogP contribution is 2.25. The summed E-state index contributed by atoms with van der Waals surface area (Å²) < 4.78 is 29.0. The van der Waals surface area contributed by atoms with E-state index >= 15 is 0 Å². The molecule has 0 radical (unpaired) electrons. The molecule has 0 amide bonds. The number of ether oxygens (including phenoxy) is 1. The minimum absolute atomic E-state index is 0.00926. The second-order valence-electron chi connectivity index (χ2n) is 3.88. The first-order chi connectivity index (χ1) is 7.88. The van der Waals surface area contributed by atoms with Gasteiger partial charge in [0.25, 0.3) is 0 Å². The molecule has 17 heavy (non-hydrogen) atoms. The number of anilines is 1. The molecule has 96 valence electrons. The van der Waals surface area contributed by atoms with Crippen molar-refractivity contribution in [1.29, 1.82) is 0 Å². The zero-order valence-electron chi connectivity index (χ0n) is 10.2. The molecule has 1 heterocycles. The molecule has 0 aliphatic heterocycles. The summed E-state index contributed by atoms with van der Waals surface area (Å²) in [6.45, 7) is 5.39. The minimum atomic E-state index is -3.46. The van der Waals surface area contributed by atoms with Crippen LogP contribution in [0, 0.1) is 0 Å². The Kier molecular flexibility index (Phi) is 4.28. The SMILES string of the molecule is CCCS(=O)(=O)c1ncnc(OC(C)C)c1N. The number of nitrogens with zero attached hydrogens (tertiary/aromatic N) is 2. The van der Waals surface area contributed by atoms with Crippen LogP contribution in [0.5, 0.6) is 5.88 Å². The van der Waals surface area contributed by atoms with Crippen molar-refractivity contribution < 1.29 is 13.2 Å². The molecule has 0 aliphatic rings. The van der Waals surface area contributed by atoms with Crippen molar-refractivity contribution in [2.45, 2.75) is 38.3 Å². The van der Waals surface area contributed by atoms with Crippen LogP contribution in [0.2, 0.25) is 0 Å². The van der Waals surface area contributed by atoms with Crippen LogP contribution in [0.4, 0.5) is 5.69 Å². The van der Waals surface area contributed by atoms with Gasteiger partial charge < -0.3 is 10.5 Å². The lowest BCUT2D eigenvalue weighted by Gasteiger charge is -2.12. The Morgan fingerprint density at radius 2 is 2.06 bits per heavy atom. The second-order valence-corrected chi connectivity index (χ2v) is 5.91. The maximum atomic E-state index is 11.9. The lowest BCUT2D eigenvalue weighted by atomic mass is 10.4. The maximum absolute atomic E-state index is 11.9. The molecule has 1 rings (SSSR count). The Balaban J connectivity index is 3.19. The van der Waals surface area contributed by atoms with E-state index < -0.39 is 9.84 Å². The molecule has 0 saturated carbocycles. The number of sulfone groups is 1. The molecule has 2 N–H and O–H groups in total. The van der Waals surface area contributed by atoms with Crippen molar-refractivity contribution in [2.24, 2.45) is 0 Å². The molecule has 0 fully saturated rings. The van der Waals surface area contributed by atoms with Gasteiger partial charge in [0.15, 0.2) is 14.9 Å². The van der Waals surface area contributed by atoms with E-state index in [1.54, 1.807) is 6.92 Å². The highest BCUT2D eigenvalue weighted by atomic mass is 32.2. The Hall–Kier alpha value is -1.37. The molecule has 0 aromatic carbocycles. The highest BCUT2D eigenvalue weighted by molar-refractivity contribution is 7.91. The number of aromatic nitrogens is 2. The van der Waals surface area contributed by atoms with Gasteiger partial charge in [0, 0.05) is 0 Å². The van der Waals surface area contributed by atoms with Gasteiger partial charge in [0.05, 0.1) is 11.9 Å². The first kappa shape index (κ1) is 13.7. The fourth-order valence-corrected chi connectivity index (χ4v) is 2.66. The van der Waals surface area contributed by atoms with Crippen molar-refractivity contribution in [3.63, 3.8) is 0 Å². The summed E-state index contributed by atoms with van der Waals surface area (Å²) in [6.07, 6.45) is 1.52. The lowest BCUT2D eigenvalue weighted by Crippen LogP contribution is -2.15. The van der Waals surface area contributed by atoms with Gasteiger partial charge in [-0.1, -0.05) is 6.92 Å². The number of rotatable bonds is 5. The average Bonchev–Trinajstić information content (AvgIpc) is 2.20. The standard InChI is InChI=1S/C10H17N3O3S/c1-4-5-17(14,15)10-8(11)9(12-6-13-10)16-7(2)3/h6-7H,4-5,11H2,1-3H3. The van der Waals surface area contributed by atoms with E-state index in [1.807, 2.05) is 13.8 Å². The smallest absolute Gasteiger partial charge is 0.241 e. The first-order valence-electron chi connectivity index (χ1n) is 5.38. The molecular formula is C10H17N3O3S. The molecule has 7 heteroatoms. The van der Waals surface area contributed by atoms with Crippen LogP contribution >= 0.6 is 0 Å². The summed E-state index contributed by atoms with van der Waals surface area (Å²) in [6, 6.07) is 0. The highest BCUT2D eigenvalue weighted by Gasteiger charge is 2.22. The third-order valence-electron chi connectivity index (χ3n) is 1.93. The lowest BCUT2D eigenvalue weighted by molar-refractivity contribution is 0.233. The van der Waals surface area contributed by atoms with E-state index in [1.165, 1.54) is 0 Å². The van der Waals surface area contributed by atoms with E-state index in [9.17, 15) is 8.42 Å². The summed E-state index contributed by atoms with van der Waals surface area (Å²) in [4.78, 5) is 7.56. The third kappa shape index (κ3) is 3.29. The Morgan fingerprint density at radius 1 is 1.41 bits per heavy atom. The van der Waals surface area contributed by atoms with Gasteiger partial charge in [0.2, 0.25) is 5.88 Å². The Labute approximate surface area is 101 Å². The molecule has 0 unspecified atom stereocenters. The first-order valence-corrected chi connectivity index (χ1v) is 7.03. The predicted molar refractivity (Wildman–Crippen MR) is 64.6 cm³/mol. The van der Waals surface area contributed by atoms with Gasteiger partial charge in [0.1, 0.15) is 12.0 Å². The van der Waals surface area contributed by atoms with E-state index in [-0.39, 0.29) is 28.5 Å². The maximum Gasteiger partial charge on any atom is 0.241 e.